The van der Waals surface area contributed by atoms with Crippen LogP contribution in [0.1, 0.15) is 34.1 Å². The molecule has 0 aromatic carbocycles. The zero-order chi connectivity index (χ0) is 11.0. The van der Waals surface area contributed by atoms with Crippen LogP contribution in [0.2, 0.25) is 0 Å². The van der Waals surface area contributed by atoms with Gasteiger partial charge in [0.15, 0.2) is 0 Å². The van der Waals surface area contributed by atoms with Gasteiger partial charge in [0.05, 0.1) is 0 Å². The molecule has 0 fully saturated rings. The number of hydrogen-bond donors (Lipinski definition) is 1. The Morgan fingerprint density at radius 2 is 1.93 bits per heavy atom. The van der Waals surface area contributed by atoms with E-state index in [1.807, 2.05) is 0 Å². The van der Waals surface area contributed by atoms with Crippen LogP contribution in [0.5, 0.6) is 0 Å². The first-order valence-electron chi connectivity index (χ1n) is 5.58. The van der Waals surface area contributed by atoms with Crippen LogP contribution in [0.15, 0.2) is 0 Å². The van der Waals surface area contributed by atoms with Gasteiger partial charge in [0.1, 0.15) is 0 Å². The SMILES string of the molecule is CC[C@H](C)NCCN(CC(C)C)[I-]C. The molecule has 14 heavy (non-hydrogen) atoms. The Balaban J connectivity index is 3.52. The third-order valence-corrected chi connectivity index (χ3v) is 4.50. The summed E-state index contributed by atoms with van der Waals surface area (Å²) in [6.07, 6.45) is 1.23. The monoisotopic (exact) mass is 313 g/mol. The molecule has 0 rings (SSSR count). The van der Waals surface area contributed by atoms with Crippen LogP contribution in [0.3, 0.4) is 0 Å². The first kappa shape index (κ1) is 14.6. The van der Waals surface area contributed by atoms with E-state index < -0.39 is 0 Å². The fraction of sp³-hybridized carbons (Fsp3) is 1.00. The van der Waals surface area contributed by atoms with Gasteiger partial charge in [-0.05, 0) is 0 Å². The quantitative estimate of drug-likeness (QED) is 0.350. The van der Waals surface area contributed by atoms with E-state index in [9.17, 15) is 0 Å². The summed E-state index contributed by atoms with van der Waals surface area (Å²) >= 11 is 0.264. The van der Waals surface area contributed by atoms with Gasteiger partial charge in [-0.25, -0.2) is 0 Å². The van der Waals surface area contributed by atoms with Gasteiger partial charge in [-0.15, -0.1) is 0 Å². The summed E-state index contributed by atoms with van der Waals surface area (Å²) in [5.74, 6) is 0.804. The van der Waals surface area contributed by atoms with E-state index >= 15 is 0 Å². The molecule has 0 aliphatic rings. The second kappa shape index (κ2) is 8.92. The molecule has 1 N–H and O–H groups in total. The minimum absolute atomic E-state index is 0.264. The number of rotatable bonds is 8. The molecule has 0 spiro atoms. The first-order chi connectivity index (χ1) is 6.60. The Hall–Kier alpha value is 0.650. The van der Waals surface area contributed by atoms with Crippen molar-refractivity contribution in [1.29, 1.82) is 0 Å². The number of hydrogen-bond acceptors (Lipinski definition) is 2. The predicted molar refractivity (Wildman–Crippen MR) is 60.1 cm³/mol. The Bertz CT molecular complexity index is 128. The summed E-state index contributed by atoms with van der Waals surface area (Å²) in [6.45, 7) is 12.7. The van der Waals surface area contributed by atoms with Crippen LogP contribution < -0.4 is 26.8 Å². The first-order valence-corrected chi connectivity index (χ1v) is 8.70. The molecule has 3 heteroatoms. The second-order valence-electron chi connectivity index (χ2n) is 4.20. The number of alkyl halides is 1. The summed E-state index contributed by atoms with van der Waals surface area (Å²) in [5, 5.41) is 3.55. The third kappa shape index (κ3) is 8.00. The van der Waals surface area contributed by atoms with Crippen molar-refractivity contribution in [3.8, 4) is 0 Å². The Kier molecular flexibility index (Phi) is 9.33. The van der Waals surface area contributed by atoms with Crippen LogP contribution in [-0.4, -0.2) is 33.7 Å². The number of halogens is 1. The van der Waals surface area contributed by atoms with Crippen molar-refractivity contribution in [1.82, 2.24) is 8.43 Å². The molecule has 0 aromatic rings. The van der Waals surface area contributed by atoms with Gasteiger partial charge >= 0.3 is 101 Å². The maximum absolute atomic E-state index is 3.55. The summed E-state index contributed by atoms with van der Waals surface area (Å²) in [6, 6.07) is 0.672. The molecule has 0 saturated carbocycles. The topological polar surface area (TPSA) is 15.3 Å². The fourth-order valence-corrected chi connectivity index (χ4v) is 3.12. The van der Waals surface area contributed by atoms with Crippen molar-refractivity contribution in [3.05, 3.63) is 0 Å². The van der Waals surface area contributed by atoms with Crippen molar-refractivity contribution >= 4 is 0 Å². The molecule has 0 unspecified atom stereocenters. The van der Waals surface area contributed by atoms with Gasteiger partial charge in [-0.2, -0.15) is 0 Å². The van der Waals surface area contributed by atoms with Crippen molar-refractivity contribution < 1.29 is 21.5 Å². The van der Waals surface area contributed by atoms with Crippen molar-refractivity contribution in [2.75, 3.05) is 24.6 Å². The van der Waals surface area contributed by atoms with E-state index in [1.165, 1.54) is 19.5 Å². The zero-order valence-corrected chi connectivity index (χ0v) is 12.5. The summed E-state index contributed by atoms with van der Waals surface area (Å²) < 4.78 is 2.62. The second-order valence-corrected chi connectivity index (χ2v) is 6.52. The van der Waals surface area contributed by atoms with Crippen molar-refractivity contribution in [2.24, 2.45) is 5.92 Å². The maximum atomic E-state index is 3.55. The van der Waals surface area contributed by atoms with Gasteiger partial charge in [0.25, 0.3) is 0 Å². The Morgan fingerprint density at radius 1 is 1.29 bits per heavy atom. The molecule has 1 atom stereocenters. The van der Waals surface area contributed by atoms with Crippen LogP contribution in [-0.2, 0) is 0 Å². The number of nitrogens with one attached hydrogen (secondary N) is 1. The molecule has 0 heterocycles. The predicted octanol–water partition coefficient (Wildman–Crippen LogP) is -1.03. The van der Waals surface area contributed by atoms with E-state index in [-0.39, 0.29) is 21.5 Å². The van der Waals surface area contributed by atoms with Crippen LogP contribution in [0.4, 0.5) is 0 Å². The molecule has 0 radical (unpaired) electrons. The fourth-order valence-electron chi connectivity index (χ4n) is 1.22. The minimum atomic E-state index is 0.264. The standard InChI is InChI=1S/C11H26IN2/c1-6-11(4)13-7-8-14(12-5)9-10(2)3/h10-11,13H,6-9H2,1-5H3/q-1/t11-/m0/s1. The van der Waals surface area contributed by atoms with E-state index in [1.54, 1.807) is 0 Å². The zero-order valence-electron chi connectivity index (χ0n) is 10.3. The van der Waals surface area contributed by atoms with E-state index in [2.05, 4.69) is 41.1 Å². The summed E-state index contributed by atoms with van der Waals surface area (Å²) in [4.78, 5) is 2.35. The van der Waals surface area contributed by atoms with Crippen molar-refractivity contribution in [3.63, 3.8) is 0 Å². The third-order valence-electron chi connectivity index (χ3n) is 2.26. The summed E-state index contributed by atoms with van der Waals surface area (Å²) in [7, 11) is 0. The number of nitrogens with zero attached hydrogens (tertiary/aromatic N) is 1. The molecule has 0 aromatic heterocycles. The van der Waals surface area contributed by atoms with Crippen LogP contribution in [0.25, 0.3) is 0 Å². The van der Waals surface area contributed by atoms with E-state index in [0.29, 0.717) is 6.04 Å². The molecular formula is C11H26IN2-. The van der Waals surface area contributed by atoms with Crippen LogP contribution in [0, 0.1) is 5.92 Å². The molecular weight excluding hydrogens is 287 g/mol. The molecule has 88 valence electrons. The van der Waals surface area contributed by atoms with Gasteiger partial charge in [0.2, 0.25) is 0 Å². The average Bonchev–Trinajstić information content (AvgIpc) is 2.15. The molecule has 0 bridgehead atoms. The molecule has 0 aliphatic heterocycles. The van der Waals surface area contributed by atoms with Gasteiger partial charge < -0.3 is 0 Å². The molecule has 0 aliphatic carbocycles. The van der Waals surface area contributed by atoms with Crippen molar-refractivity contribution in [2.45, 2.75) is 40.2 Å². The Morgan fingerprint density at radius 3 is 2.36 bits per heavy atom. The van der Waals surface area contributed by atoms with E-state index in [4.69, 9.17) is 0 Å². The normalized spacial score (nSPS) is 14.2. The Labute approximate surface area is 100 Å². The summed E-state index contributed by atoms with van der Waals surface area (Å²) in [5.41, 5.74) is 0. The average molecular weight is 313 g/mol. The molecule has 2 nitrogen and oxygen atoms in total. The van der Waals surface area contributed by atoms with Crippen LogP contribution >= 0.6 is 0 Å². The van der Waals surface area contributed by atoms with Gasteiger partial charge in [0, 0.05) is 0 Å². The van der Waals surface area contributed by atoms with Gasteiger partial charge in [-0.1, -0.05) is 0 Å². The van der Waals surface area contributed by atoms with Gasteiger partial charge in [-0.3, -0.25) is 0 Å². The van der Waals surface area contributed by atoms with E-state index in [0.717, 1.165) is 12.5 Å². The molecule has 0 saturated heterocycles. The molecule has 0 amide bonds.